The van der Waals surface area contributed by atoms with Gasteiger partial charge in [-0.15, -0.1) is 0 Å². The van der Waals surface area contributed by atoms with E-state index in [4.69, 9.17) is 19.5 Å². The maximum Gasteiger partial charge on any atom is 0.510 e. The van der Waals surface area contributed by atoms with Crippen LogP contribution in [0.1, 0.15) is 49.5 Å². The van der Waals surface area contributed by atoms with Crippen molar-refractivity contribution in [2.24, 2.45) is 5.73 Å². The summed E-state index contributed by atoms with van der Waals surface area (Å²) in [6.45, 7) is 3.29. The predicted octanol–water partition coefficient (Wildman–Crippen LogP) is 5.79. The van der Waals surface area contributed by atoms with Crippen LogP contribution in [-0.4, -0.2) is 42.4 Å². The lowest BCUT2D eigenvalue weighted by Gasteiger charge is -2.26. The fourth-order valence-corrected chi connectivity index (χ4v) is 5.15. The van der Waals surface area contributed by atoms with Crippen molar-refractivity contribution in [3.8, 4) is 0 Å². The molecule has 2 N–H and O–H groups in total. The lowest BCUT2D eigenvalue weighted by atomic mass is 10.0. The Morgan fingerprint density at radius 3 is 2.42 bits per heavy atom. The van der Waals surface area contributed by atoms with Crippen LogP contribution in [-0.2, 0) is 33.5 Å². The number of ether oxygens (including phenoxy) is 2. The van der Waals surface area contributed by atoms with Crippen LogP contribution in [0.25, 0.3) is 10.8 Å². The molecule has 2 aromatic carbocycles. The summed E-state index contributed by atoms with van der Waals surface area (Å²) in [7, 11) is -5.30. The second-order valence-electron chi connectivity index (χ2n) is 7.79. The highest BCUT2D eigenvalue weighted by molar-refractivity contribution is 8.13. The molecule has 0 aliphatic heterocycles. The minimum absolute atomic E-state index is 0.0434. The first-order chi connectivity index (χ1) is 16.9. The molecule has 0 aliphatic carbocycles. The Bertz CT molecular complexity index is 1140. The molecule has 0 saturated heterocycles. The molecular weight excluding hydrogens is 519 g/mol. The first-order valence-corrected chi connectivity index (χ1v) is 13.5. The molecular formula is C23H28F2NO8PS. The molecule has 0 saturated carbocycles. The summed E-state index contributed by atoms with van der Waals surface area (Å²) < 4.78 is 63.6. The molecule has 0 aromatic heterocycles. The maximum atomic E-state index is 15.6. The molecule has 0 heterocycles. The van der Waals surface area contributed by atoms with E-state index in [0.29, 0.717) is 18.2 Å². The van der Waals surface area contributed by atoms with Crippen molar-refractivity contribution in [2.75, 3.05) is 19.2 Å². The largest absolute Gasteiger partial charge is 0.510 e. The fourth-order valence-electron chi connectivity index (χ4n) is 2.90. The van der Waals surface area contributed by atoms with Gasteiger partial charge in [-0.25, -0.2) is 4.79 Å². The topological polar surface area (TPSA) is 131 Å². The summed E-state index contributed by atoms with van der Waals surface area (Å²) >= 11 is 0.855. The number of alkyl halides is 2. The minimum Gasteiger partial charge on any atom is -0.432 e. The van der Waals surface area contributed by atoms with E-state index >= 15 is 8.78 Å². The van der Waals surface area contributed by atoms with Gasteiger partial charge in [0.05, 0.1) is 12.7 Å². The lowest BCUT2D eigenvalue weighted by Crippen LogP contribution is -2.21. The first-order valence-electron chi connectivity index (χ1n) is 11.0. The van der Waals surface area contributed by atoms with Crippen molar-refractivity contribution in [1.82, 2.24) is 0 Å². The first kappa shape index (κ1) is 29.7. The van der Waals surface area contributed by atoms with Crippen LogP contribution < -0.4 is 5.73 Å². The number of halogens is 2. The van der Waals surface area contributed by atoms with E-state index < -0.39 is 50.4 Å². The molecule has 0 bridgehead atoms. The molecule has 13 heteroatoms. The number of nitrogens with two attached hydrogens (primary N) is 1. The molecule has 0 radical (unpaired) electrons. The maximum absolute atomic E-state index is 15.6. The highest BCUT2D eigenvalue weighted by Gasteiger charge is 2.55. The van der Waals surface area contributed by atoms with Gasteiger partial charge in [0.25, 0.3) is 0 Å². The van der Waals surface area contributed by atoms with Gasteiger partial charge in [-0.05, 0) is 49.2 Å². The van der Waals surface area contributed by atoms with Crippen molar-refractivity contribution in [3.05, 3.63) is 47.5 Å². The van der Waals surface area contributed by atoms with E-state index in [-0.39, 0.29) is 21.8 Å². The molecule has 36 heavy (non-hydrogen) atoms. The number of thioether (sulfide) groups is 1. The van der Waals surface area contributed by atoms with E-state index in [1.54, 1.807) is 13.8 Å². The van der Waals surface area contributed by atoms with Crippen LogP contribution in [0, 0.1) is 0 Å². The molecule has 2 aromatic rings. The standard InChI is InChI=1S/C23H28F2NO8PS/c1-4-5-20(27)36-11-10-32-35(30,33-14-31-22(29)34-15(2)3)23(24,25)19-9-8-16-6-7-17(21(26)28)12-18(16)13-19/h6-9,12-13,15H,4-5,10-11,14H2,1-3H3,(H2,26,28). The number of carbonyl (C=O) groups excluding carboxylic acids is 3. The molecule has 2 rings (SSSR count). The molecule has 198 valence electrons. The van der Waals surface area contributed by atoms with E-state index in [0.717, 1.165) is 23.9 Å². The number of hydrogen-bond donors (Lipinski definition) is 1. The van der Waals surface area contributed by atoms with E-state index in [2.05, 4.69) is 4.74 Å². The average molecular weight is 548 g/mol. The summed E-state index contributed by atoms with van der Waals surface area (Å²) in [5.41, 5.74) is 0.458. The zero-order valence-corrected chi connectivity index (χ0v) is 21.7. The molecule has 1 atom stereocenters. The van der Waals surface area contributed by atoms with E-state index in [1.165, 1.54) is 24.3 Å². The zero-order valence-electron chi connectivity index (χ0n) is 20.0. The molecule has 0 aliphatic rings. The number of amides is 1. The second kappa shape index (κ2) is 13.1. The Morgan fingerprint density at radius 2 is 1.78 bits per heavy atom. The Balaban J connectivity index is 2.29. The third-order valence-electron chi connectivity index (χ3n) is 4.61. The lowest BCUT2D eigenvalue weighted by molar-refractivity contribution is -0.111. The predicted molar refractivity (Wildman–Crippen MR) is 131 cm³/mol. The quantitative estimate of drug-likeness (QED) is 0.143. The van der Waals surface area contributed by atoms with Crippen molar-refractivity contribution in [1.29, 1.82) is 0 Å². The fraction of sp³-hybridized carbons (Fsp3) is 0.435. The van der Waals surface area contributed by atoms with Crippen molar-refractivity contribution >= 4 is 47.3 Å². The van der Waals surface area contributed by atoms with Crippen molar-refractivity contribution in [2.45, 2.75) is 45.4 Å². The van der Waals surface area contributed by atoms with Crippen LogP contribution in [0.5, 0.6) is 0 Å². The van der Waals surface area contributed by atoms with Gasteiger partial charge in [0, 0.05) is 23.3 Å². The van der Waals surface area contributed by atoms with Gasteiger partial charge in [-0.2, -0.15) is 8.78 Å². The molecule has 1 amide bonds. The number of carbonyl (C=O) groups is 3. The summed E-state index contributed by atoms with van der Waals surface area (Å²) in [6, 6.07) is 7.73. The minimum atomic E-state index is -5.30. The van der Waals surface area contributed by atoms with Crippen LogP contribution in [0.3, 0.4) is 0 Å². The van der Waals surface area contributed by atoms with Crippen LogP contribution in [0.4, 0.5) is 13.6 Å². The van der Waals surface area contributed by atoms with Crippen LogP contribution in [0.2, 0.25) is 0 Å². The van der Waals surface area contributed by atoms with Crippen LogP contribution >= 0.6 is 19.4 Å². The van der Waals surface area contributed by atoms with Gasteiger partial charge in [0.15, 0.2) is 5.12 Å². The summed E-state index contributed by atoms with van der Waals surface area (Å²) in [4.78, 5) is 34.7. The summed E-state index contributed by atoms with van der Waals surface area (Å²) in [5, 5.41) is 0.609. The average Bonchev–Trinajstić information content (AvgIpc) is 2.80. The Kier molecular flexibility index (Phi) is 10.8. The third-order valence-corrected chi connectivity index (χ3v) is 7.42. The highest BCUT2D eigenvalue weighted by Crippen LogP contribution is 2.67. The molecule has 0 spiro atoms. The van der Waals surface area contributed by atoms with Crippen LogP contribution in [0.15, 0.2) is 36.4 Å². The van der Waals surface area contributed by atoms with Gasteiger partial charge in [-0.1, -0.05) is 36.9 Å². The number of fused-ring (bicyclic) bond motifs is 1. The SMILES string of the molecule is CCCC(=O)SCCOP(=O)(OCOC(=O)OC(C)C)C(F)(F)c1ccc2ccc(C(N)=O)cc2c1. The zero-order chi connectivity index (χ0) is 26.9. The Hall–Kier alpha value is -2.53. The Morgan fingerprint density at radius 1 is 1.08 bits per heavy atom. The number of primary amides is 1. The summed E-state index contributed by atoms with van der Waals surface area (Å²) in [5.74, 6) is -0.787. The monoisotopic (exact) mass is 547 g/mol. The smallest absolute Gasteiger partial charge is 0.432 e. The number of benzene rings is 2. The normalized spacial score (nSPS) is 13.4. The van der Waals surface area contributed by atoms with Gasteiger partial charge in [0.1, 0.15) is 0 Å². The van der Waals surface area contributed by atoms with Gasteiger partial charge < -0.3 is 19.7 Å². The molecule has 9 nitrogen and oxygen atoms in total. The summed E-state index contributed by atoms with van der Waals surface area (Å²) in [6.07, 6.45) is -0.825. The number of hydrogen-bond acceptors (Lipinski definition) is 9. The second-order valence-corrected chi connectivity index (χ2v) is 11.0. The van der Waals surface area contributed by atoms with Gasteiger partial charge in [-0.3, -0.25) is 18.7 Å². The third kappa shape index (κ3) is 7.99. The van der Waals surface area contributed by atoms with Gasteiger partial charge >= 0.3 is 19.4 Å². The number of rotatable bonds is 13. The highest BCUT2D eigenvalue weighted by atomic mass is 32.2. The van der Waals surface area contributed by atoms with Crippen molar-refractivity contribution in [3.63, 3.8) is 0 Å². The molecule has 1 unspecified atom stereocenters. The van der Waals surface area contributed by atoms with Gasteiger partial charge in [0.2, 0.25) is 12.7 Å². The van der Waals surface area contributed by atoms with E-state index in [1.807, 2.05) is 6.92 Å². The van der Waals surface area contributed by atoms with E-state index in [9.17, 15) is 18.9 Å². The molecule has 0 fully saturated rings. The van der Waals surface area contributed by atoms with Crippen molar-refractivity contribution < 1.29 is 46.3 Å². The Labute approximate surface area is 211 Å².